The van der Waals surface area contributed by atoms with Crippen LogP contribution in [-0.2, 0) is 13.2 Å². The predicted octanol–water partition coefficient (Wildman–Crippen LogP) is 5.68. The lowest BCUT2D eigenvalue weighted by atomic mass is 10.1. The molecule has 0 amide bonds. The second kappa shape index (κ2) is 9.64. The molecule has 7 nitrogen and oxygen atoms in total. The molecular weight excluding hydrogens is 428 g/mol. The maximum Gasteiger partial charge on any atom is 0.141 e. The molecular formula is C27H24N4O3. The SMILES string of the molecule is COc1cc2ncnc(Nc3ccc(OCc4ccccc4)cc3)c2cc1-c1ccc(CN)o1. The third-order valence-corrected chi connectivity index (χ3v) is 5.45. The Balaban J connectivity index is 1.40. The number of methoxy groups -OCH3 is 1. The summed E-state index contributed by atoms with van der Waals surface area (Å²) < 4.78 is 17.3. The minimum Gasteiger partial charge on any atom is -0.496 e. The van der Waals surface area contributed by atoms with Gasteiger partial charge in [-0.05, 0) is 48.0 Å². The Hall–Kier alpha value is -4.36. The fourth-order valence-electron chi connectivity index (χ4n) is 3.69. The summed E-state index contributed by atoms with van der Waals surface area (Å²) in [5.74, 6) is 3.51. The number of rotatable bonds is 8. The number of fused-ring (bicyclic) bond motifs is 1. The zero-order valence-corrected chi connectivity index (χ0v) is 18.7. The van der Waals surface area contributed by atoms with Crippen molar-refractivity contribution >= 4 is 22.4 Å². The maximum atomic E-state index is 5.88. The van der Waals surface area contributed by atoms with Crippen molar-refractivity contribution in [2.75, 3.05) is 12.4 Å². The Labute approximate surface area is 197 Å². The lowest BCUT2D eigenvalue weighted by Gasteiger charge is -2.12. The lowest BCUT2D eigenvalue weighted by molar-refractivity contribution is 0.306. The van der Waals surface area contributed by atoms with Crippen molar-refractivity contribution in [1.29, 1.82) is 0 Å². The number of anilines is 2. The summed E-state index contributed by atoms with van der Waals surface area (Å²) in [7, 11) is 1.62. The molecule has 5 aromatic rings. The molecule has 0 fully saturated rings. The number of benzene rings is 3. The molecule has 0 aliphatic carbocycles. The van der Waals surface area contributed by atoms with E-state index in [9.17, 15) is 0 Å². The normalized spacial score (nSPS) is 10.9. The van der Waals surface area contributed by atoms with Crippen LogP contribution in [0.25, 0.3) is 22.2 Å². The second-order valence-corrected chi connectivity index (χ2v) is 7.69. The molecule has 34 heavy (non-hydrogen) atoms. The second-order valence-electron chi connectivity index (χ2n) is 7.69. The van der Waals surface area contributed by atoms with Crippen LogP contribution in [0.3, 0.4) is 0 Å². The molecule has 3 N–H and O–H groups in total. The fourth-order valence-corrected chi connectivity index (χ4v) is 3.69. The molecule has 5 rings (SSSR count). The first-order valence-electron chi connectivity index (χ1n) is 10.9. The highest BCUT2D eigenvalue weighted by atomic mass is 16.5. The molecule has 0 aliphatic rings. The van der Waals surface area contributed by atoms with Crippen molar-refractivity contribution < 1.29 is 13.9 Å². The molecule has 0 bridgehead atoms. The fraction of sp³-hybridized carbons (Fsp3) is 0.111. The van der Waals surface area contributed by atoms with Crippen LogP contribution in [-0.4, -0.2) is 17.1 Å². The summed E-state index contributed by atoms with van der Waals surface area (Å²) in [5.41, 5.74) is 9.27. The van der Waals surface area contributed by atoms with Crippen molar-refractivity contribution in [2.24, 2.45) is 5.73 Å². The summed E-state index contributed by atoms with van der Waals surface area (Å²) >= 11 is 0. The van der Waals surface area contributed by atoms with Gasteiger partial charge in [-0.3, -0.25) is 0 Å². The molecule has 7 heteroatoms. The Morgan fingerprint density at radius 2 is 1.76 bits per heavy atom. The highest BCUT2D eigenvalue weighted by Crippen LogP contribution is 2.37. The van der Waals surface area contributed by atoms with E-state index >= 15 is 0 Å². The van der Waals surface area contributed by atoms with E-state index in [0.29, 0.717) is 36.2 Å². The van der Waals surface area contributed by atoms with E-state index in [0.717, 1.165) is 33.5 Å². The van der Waals surface area contributed by atoms with Gasteiger partial charge in [-0.15, -0.1) is 0 Å². The molecule has 0 saturated heterocycles. The number of nitrogens with zero attached hydrogens (tertiary/aromatic N) is 2. The minimum absolute atomic E-state index is 0.330. The number of aromatic nitrogens is 2. The highest BCUT2D eigenvalue weighted by Gasteiger charge is 2.15. The zero-order valence-electron chi connectivity index (χ0n) is 18.7. The average molecular weight is 453 g/mol. The van der Waals surface area contributed by atoms with Crippen LogP contribution in [0.5, 0.6) is 11.5 Å². The molecule has 0 saturated carbocycles. The molecule has 0 unspecified atom stereocenters. The number of nitrogens with two attached hydrogens (primary N) is 1. The van der Waals surface area contributed by atoms with Gasteiger partial charge in [-0.25, -0.2) is 9.97 Å². The van der Waals surface area contributed by atoms with E-state index < -0.39 is 0 Å². The van der Waals surface area contributed by atoms with Crippen molar-refractivity contribution in [3.8, 4) is 22.8 Å². The van der Waals surface area contributed by atoms with E-state index in [1.54, 1.807) is 7.11 Å². The number of hydrogen-bond donors (Lipinski definition) is 2. The summed E-state index contributed by atoms with van der Waals surface area (Å²) in [4.78, 5) is 8.88. The maximum absolute atomic E-state index is 5.88. The Kier molecular flexibility index (Phi) is 6.09. The molecule has 2 aromatic heterocycles. The van der Waals surface area contributed by atoms with Gasteiger partial charge in [0.2, 0.25) is 0 Å². The summed E-state index contributed by atoms with van der Waals surface area (Å²) in [5, 5.41) is 4.22. The van der Waals surface area contributed by atoms with Gasteiger partial charge >= 0.3 is 0 Å². The van der Waals surface area contributed by atoms with Crippen LogP contribution in [0, 0.1) is 0 Å². The smallest absolute Gasteiger partial charge is 0.141 e. The first-order valence-corrected chi connectivity index (χ1v) is 10.9. The topological polar surface area (TPSA) is 95.4 Å². The van der Waals surface area contributed by atoms with Crippen LogP contribution in [0.2, 0.25) is 0 Å². The Bertz CT molecular complexity index is 1400. The number of furan rings is 1. The first-order chi connectivity index (χ1) is 16.7. The van der Waals surface area contributed by atoms with Crippen LogP contribution in [0.4, 0.5) is 11.5 Å². The lowest BCUT2D eigenvalue weighted by Crippen LogP contribution is -1.98. The molecule has 170 valence electrons. The summed E-state index contributed by atoms with van der Waals surface area (Å²) in [6.45, 7) is 0.851. The number of ether oxygens (including phenoxy) is 2. The van der Waals surface area contributed by atoms with Crippen LogP contribution in [0.1, 0.15) is 11.3 Å². The van der Waals surface area contributed by atoms with Gasteiger partial charge in [0.25, 0.3) is 0 Å². The average Bonchev–Trinajstić information content (AvgIpc) is 3.37. The van der Waals surface area contributed by atoms with Crippen LogP contribution < -0.4 is 20.5 Å². The largest absolute Gasteiger partial charge is 0.496 e. The van der Waals surface area contributed by atoms with E-state index in [-0.39, 0.29) is 0 Å². The van der Waals surface area contributed by atoms with Gasteiger partial charge in [0.1, 0.15) is 41.8 Å². The first kappa shape index (κ1) is 21.5. The van der Waals surface area contributed by atoms with Crippen molar-refractivity contribution in [3.63, 3.8) is 0 Å². The van der Waals surface area contributed by atoms with E-state index in [1.807, 2.05) is 78.9 Å². The number of nitrogens with one attached hydrogen (secondary N) is 1. The summed E-state index contributed by atoms with van der Waals surface area (Å²) in [6.07, 6.45) is 1.53. The third kappa shape index (κ3) is 4.55. The monoisotopic (exact) mass is 452 g/mol. The van der Waals surface area contributed by atoms with Gasteiger partial charge in [-0.1, -0.05) is 30.3 Å². The van der Waals surface area contributed by atoms with E-state index in [1.165, 1.54) is 6.33 Å². The van der Waals surface area contributed by atoms with Gasteiger partial charge in [0.15, 0.2) is 0 Å². The Morgan fingerprint density at radius 1 is 0.941 bits per heavy atom. The summed E-state index contributed by atoms with van der Waals surface area (Å²) in [6, 6.07) is 25.4. The van der Waals surface area contributed by atoms with Crippen molar-refractivity contribution in [1.82, 2.24) is 9.97 Å². The zero-order chi connectivity index (χ0) is 23.3. The van der Waals surface area contributed by atoms with Crippen molar-refractivity contribution in [3.05, 3.63) is 96.5 Å². The minimum atomic E-state index is 0.330. The third-order valence-electron chi connectivity index (χ3n) is 5.45. The molecule has 0 spiro atoms. The molecule has 3 aromatic carbocycles. The van der Waals surface area contributed by atoms with Gasteiger partial charge in [-0.2, -0.15) is 0 Å². The van der Waals surface area contributed by atoms with Gasteiger partial charge < -0.3 is 24.9 Å². The molecule has 0 radical (unpaired) electrons. The molecule has 0 aliphatic heterocycles. The quantitative estimate of drug-likeness (QED) is 0.313. The van der Waals surface area contributed by atoms with Gasteiger partial charge in [0, 0.05) is 17.1 Å². The predicted molar refractivity (Wildman–Crippen MR) is 132 cm³/mol. The van der Waals surface area contributed by atoms with Crippen LogP contribution >= 0.6 is 0 Å². The van der Waals surface area contributed by atoms with E-state index in [4.69, 9.17) is 19.6 Å². The van der Waals surface area contributed by atoms with Crippen molar-refractivity contribution in [2.45, 2.75) is 13.2 Å². The Morgan fingerprint density at radius 3 is 2.50 bits per heavy atom. The van der Waals surface area contributed by atoms with E-state index in [2.05, 4.69) is 15.3 Å². The standard InChI is InChI=1S/C27H24N4O3/c1-32-26-14-24-22(13-23(26)25-12-11-21(15-28)34-25)27(30-17-29-24)31-19-7-9-20(10-8-19)33-16-18-5-3-2-4-6-18/h2-14,17H,15-16,28H2,1H3,(H,29,30,31). The number of hydrogen-bond acceptors (Lipinski definition) is 7. The molecule has 2 heterocycles. The molecule has 0 atom stereocenters. The highest BCUT2D eigenvalue weighted by molar-refractivity contribution is 5.95. The van der Waals surface area contributed by atoms with Gasteiger partial charge in [0.05, 0.1) is 24.7 Å². The van der Waals surface area contributed by atoms with Crippen LogP contribution in [0.15, 0.2) is 89.6 Å².